The maximum absolute atomic E-state index is 13.9. The van der Waals surface area contributed by atoms with Gasteiger partial charge in [0.05, 0.1) is 0 Å². The Labute approximate surface area is 82.7 Å². The molecule has 0 saturated heterocycles. The molecule has 0 amide bonds. The minimum Gasteiger partial charge on any atom is -0.295 e. The SMILES string of the molecule is NC1(F)CC=CC=C1c1ccccc1. The second kappa shape index (κ2) is 3.39. The number of hydrogen-bond donors (Lipinski definition) is 1. The van der Waals surface area contributed by atoms with Gasteiger partial charge in [0.25, 0.3) is 0 Å². The average Bonchev–Trinajstić information content (AvgIpc) is 2.18. The maximum atomic E-state index is 13.9. The summed E-state index contributed by atoms with van der Waals surface area (Å²) in [5.41, 5.74) is 6.97. The number of rotatable bonds is 1. The summed E-state index contributed by atoms with van der Waals surface area (Å²) in [6.45, 7) is 0. The lowest BCUT2D eigenvalue weighted by atomic mass is 9.91. The van der Waals surface area contributed by atoms with Gasteiger partial charge < -0.3 is 0 Å². The number of halogens is 1. The van der Waals surface area contributed by atoms with Crippen LogP contribution in [0, 0.1) is 0 Å². The molecule has 0 bridgehead atoms. The monoisotopic (exact) mass is 189 g/mol. The molecule has 1 aromatic rings. The number of benzene rings is 1. The quantitative estimate of drug-likeness (QED) is 0.675. The second-order valence-electron chi connectivity index (χ2n) is 3.44. The van der Waals surface area contributed by atoms with Crippen molar-refractivity contribution < 1.29 is 4.39 Å². The van der Waals surface area contributed by atoms with E-state index in [2.05, 4.69) is 0 Å². The summed E-state index contributed by atoms with van der Waals surface area (Å²) in [5.74, 6) is -1.73. The van der Waals surface area contributed by atoms with Crippen LogP contribution in [-0.2, 0) is 0 Å². The second-order valence-corrected chi connectivity index (χ2v) is 3.44. The zero-order chi connectivity index (χ0) is 10.0. The van der Waals surface area contributed by atoms with Gasteiger partial charge in [0.1, 0.15) is 0 Å². The first-order valence-corrected chi connectivity index (χ1v) is 4.61. The van der Waals surface area contributed by atoms with Gasteiger partial charge >= 0.3 is 0 Å². The van der Waals surface area contributed by atoms with E-state index in [1.807, 2.05) is 36.4 Å². The van der Waals surface area contributed by atoms with E-state index in [1.54, 1.807) is 12.2 Å². The van der Waals surface area contributed by atoms with Crippen LogP contribution in [0.2, 0.25) is 0 Å². The molecule has 0 aromatic heterocycles. The Hall–Kier alpha value is -1.41. The van der Waals surface area contributed by atoms with E-state index in [-0.39, 0.29) is 6.42 Å². The van der Waals surface area contributed by atoms with Gasteiger partial charge in [-0.15, -0.1) is 0 Å². The van der Waals surface area contributed by atoms with Gasteiger partial charge in [-0.1, -0.05) is 48.6 Å². The highest BCUT2D eigenvalue weighted by atomic mass is 19.1. The lowest BCUT2D eigenvalue weighted by Gasteiger charge is -2.24. The molecule has 1 aliphatic rings. The molecule has 2 heteroatoms. The van der Waals surface area contributed by atoms with E-state index >= 15 is 0 Å². The molecule has 72 valence electrons. The molecular formula is C12H12FN. The third-order valence-corrected chi connectivity index (χ3v) is 2.35. The van der Waals surface area contributed by atoms with Crippen molar-refractivity contribution in [2.75, 3.05) is 0 Å². The molecule has 1 atom stereocenters. The van der Waals surface area contributed by atoms with Crippen LogP contribution in [0.25, 0.3) is 5.57 Å². The van der Waals surface area contributed by atoms with E-state index in [1.165, 1.54) is 0 Å². The Balaban J connectivity index is 2.43. The van der Waals surface area contributed by atoms with E-state index < -0.39 is 5.79 Å². The van der Waals surface area contributed by atoms with Gasteiger partial charge in [-0.2, -0.15) is 0 Å². The predicted molar refractivity (Wildman–Crippen MR) is 56.2 cm³/mol. The fourth-order valence-corrected chi connectivity index (χ4v) is 1.61. The lowest BCUT2D eigenvalue weighted by Crippen LogP contribution is -2.36. The zero-order valence-electron chi connectivity index (χ0n) is 7.78. The summed E-state index contributed by atoms with van der Waals surface area (Å²) in [6, 6.07) is 9.40. The van der Waals surface area contributed by atoms with Crippen LogP contribution in [0.1, 0.15) is 12.0 Å². The standard InChI is InChI=1S/C12H12FN/c13-12(14)9-5-4-8-11(12)10-6-2-1-3-7-10/h1-8H,9,14H2. The van der Waals surface area contributed by atoms with Gasteiger partial charge in [-0.3, -0.25) is 5.73 Å². The predicted octanol–water partition coefficient (Wildman–Crippen LogP) is 2.65. The van der Waals surface area contributed by atoms with E-state index in [9.17, 15) is 4.39 Å². The van der Waals surface area contributed by atoms with Crippen molar-refractivity contribution in [3.8, 4) is 0 Å². The van der Waals surface area contributed by atoms with Crippen molar-refractivity contribution in [1.29, 1.82) is 0 Å². The minimum absolute atomic E-state index is 0.244. The molecule has 1 aromatic carbocycles. The Kier molecular flexibility index (Phi) is 2.22. The van der Waals surface area contributed by atoms with E-state index in [0.717, 1.165) is 5.56 Å². The van der Waals surface area contributed by atoms with E-state index in [4.69, 9.17) is 5.73 Å². The smallest absolute Gasteiger partial charge is 0.188 e. The third-order valence-electron chi connectivity index (χ3n) is 2.35. The van der Waals surface area contributed by atoms with Gasteiger partial charge in [-0.25, -0.2) is 4.39 Å². The number of hydrogen-bond acceptors (Lipinski definition) is 1. The topological polar surface area (TPSA) is 26.0 Å². The molecule has 0 spiro atoms. The normalized spacial score (nSPS) is 26.0. The van der Waals surface area contributed by atoms with Crippen molar-refractivity contribution in [3.05, 3.63) is 54.1 Å². The van der Waals surface area contributed by atoms with Gasteiger partial charge in [0.2, 0.25) is 0 Å². The molecule has 2 N–H and O–H groups in total. The molecule has 14 heavy (non-hydrogen) atoms. The Morgan fingerprint density at radius 3 is 2.57 bits per heavy atom. The van der Waals surface area contributed by atoms with Crippen molar-refractivity contribution in [1.82, 2.24) is 0 Å². The molecule has 1 unspecified atom stereocenters. The largest absolute Gasteiger partial charge is 0.295 e. The summed E-state index contributed by atoms with van der Waals surface area (Å²) < 4.78 is 13.9. The van der Waals surface area contributed by atoms with E-state index in [0.29, 0.717) is 5.57 Å². The first kappa shape index (κ1) is 9.16. The fourth-order valence-electron chi connectivity index (χ4n) is 1.61. The fraction of sp³-hybridized carbons (Fsp3) is 0.167. The molecule has 0 heterocycles. The molecule has 0 fully saturated rings. The summed E-state index contributed by atoms with van der Waals surface area (Å²) in [7, 11) is 0. The summed E-state index contributed by atoms with van der Waals surface area (Å²) in [6.07, 6.45) is 5.56. The lowest BCUT2D eigenvalue weighted by molar-refractivity contribution is 0.255. The van der Waals surface area contributed by atoms with Crippen LogP contribution in [0.15, 0.2) is 48.6 Å². The van der Waals surface area contributed by atoms with Crippen LogP contribution >= 0.6 is 0 Å². The third kappa shape index (κ3) is 1.61. The number of alkyl halides is 1. The van der Waals surface area contributed by atoms with Crippen LogP contribution < -0.4 is 5.73 Å². The Morgan fingerprint density at radius 2 is 1.93 bits per heavy atom. The first-order chi connectivity index (χ1) is 6.70. The molecular weight excluding hydrogens is 177 g/mol. The first-order valence-electron chi connectivity index (χ1n) is 4.61. The van der Waals surface area contributed by atoms with Crippen molar-refractivity contribution in [3.63, 3.8) is 0 Å². The highest BCUT2D eigenvalue weighted by Crippen LogP contribution is 2.32. The summed E-state index contributed by atoms with van der Waals surface area (Å²) in [4.78, 5) is 0. The van der Waals surface area contributed by atoms with Crippen LogP contribution in [0.3, 0.4) is 0 Å². The van der Waals surface area contributed by atoms with Gasteiger partial charge in [0, 0.05) is 12.0 Å². The number of nitrogens with two attached hydrogens (primary N) is 1. The van der Waals surface area contributed by atoms with Gasteiger partial charge in [-0.05, 0) is 5.56 Å². The zero-order valence-corrected chi connectivity index (χ0v) is 7.78. The Morgan fingerprint density at radius 1 is 1.21 bits per heavy atom. The summed E-state index contributed by atoms with van der Waals surface area (Å²) in [5, 5.41) is 0. The maximum Gasteiger partial charge on any atom is 0.188 e. The van der Waals surface area contributed by atoms with Crippen LogP contribution in [0.4, 0.5) is 4.39 Å². The molecule has 1 aliphatic carbocycles. The van der Waals surface area contributed by atoms with Crippen LogP contribution in [0.5, 0.6) is 0 Å². The summed E-state index contributed by atoms with van der Waals surface area (Å²) >= 11 is 0. The highest BCUT2D eigenvalue weighted by Gasteiger charge is 2.29. The molecule has 0 saturated carbocycles. The molecule has 0 radical (unpaired) electrons. The van der Waals surface area contributed by atoms with Gasteiger partial charge in [0.15, 0.2) is 5.79 Å². The molecule has 0 aliphatic heterocycles. The van der Waals surface area contributed by atoms with Crippen molar-refractivity contribution >= 4 is 5.57 Å². The Bertz CT molecular complexity index is 377. The minimum atomic E-state index is -1.73. The number of allylic oxidation sites excluding steroid dienone is 2. The van der Waals surface area contributed by atoms with Crippen molar-refractivity contribution in [2.45, 2.75) is 12.2 Å². The molecule has 1 nitrogen and oxygen atoms in total. The van der Waals surface area contributed by atoms with Crippen molar-refractivity contribution in [2.24, 2.45) is 5.73 Å². The van der Waals surface area contributed by atoms with Crippen LogP contribution in [-0.4, -0.2) is 5.79 Å². The molecule has 2 rings (SSSR count). The average molecular weight is 189 g/mol. The highest BCUT2D eigenvalue weighted by molar-refractivity contribution is 5.74.